The molecule has 0 heterocycles. The van der Waals surface area contributed by atoms with Crippen molar-refractivity contribution in [2.45, 2.75) is 32.2 Å². The number of nitrogens with one attached hydrogen (secondary N) is 1. The molecule has 1 aromatic carbocycles. The molecular weight excluding hydrogens is 198 g/mol. The summed E-state index contributed by atoms with van der Waals surface area (Å²) in [7, 11) is 1.72. The fourth-order valence-corrected chi connectivity index (χ4v) is 2.13. The minimum Gasteiger partial charge on any atom is -0.497 e. The fraction of sp³-hybridized carbons (Fsp3) is 0.571. The van der Waals surface area contributed by atoms with Gasteiger partial charge in [0.15, 0.2) is 0 Å². The molecule has 1 aliphatic carbocycles. The zero-order valence-corrected chi connectivity index (χ0v) is 10.2. The van der Waals surface area contributed by atoms with E-state index in [4.69, 9.17) is 4.74 Å². The monoisotopic (exact) mass is 219 g/mol. The van der Waals surface area contributed by atoms with Crippen molar-refractivity contribution in [1.29, 1.82) is 0 Å². The van der Waals surface area contributed by atoms with E-state index in [1.54, 1.807) is 7.11 Å². The molecule has 1 N–H and O–H groups in total. The Morgan fingerprint density at radius 1 is 1.44 bits per heavy atom. The summed E-state index contributed by atoms with van der Waals surface area (Å²) in [5.74, 6) is 1.89. The molecule has 0 radical (unpaired) electrons. The predicted molar refractivity (Wildman–Crippen MR) is 66.8 cm³/mol. The molecule has 2 nitrogen and oxygen atoms in total. The summed E-state index contributed by atoms with van der Waals surface area (Å²) in [6.45, 7) is 3.19. The Bertz CT molecular complexity index is 333. The smallest absolute Gasteiger partial charge is 0.119 e. The average molecular weight is 219 g/mol. The Kier molecular flexibility index (Phi) is 3.83. The fourth-order valence-electron chi connectivity index (χ4n) is 2.13. The summed E-state index contributed by atoms with van der Waals surface area (Å²) in [6, 6.07) is 8.91. The van der Waals surface area contributed by atoms with E-state index in [9.17, 15) is 0 Å². The summed E-state index contributed by atoms with van der Waals surface area (Å²) in [6.07, 6.45) is 4.08. The van der Waals surface area contributed by atoms with Gasteiger partial charge < -0.3 is 10.1 Å². The molecule has 0 aromatic heterocycles. The van der Waals surface area contributed by atoms with Gasteiger partial charge in [-0.25, -0.2) is 0 Å². The molecule has 0 aliphatic heterocycles. The van der Waals surface area contributed by atoms with E-state index in [1.807, 2.05) is 6.07 Å². The average Bonchev–Trinajstić information content (AvgIpc) is 3.12. The molecule has 2 heteroatoms. The second-order valence-electron chi connectivity index (χ2n) is 4.57. The van der Waals surface area contributed by atoms with Gasteiger partial charge in [0.25, 0.3) is 0 Å². The van der Waals surface area contributed by atoms with Gasteiger partial charge >= 0.3 is 0 Å². The van der Waals surface area contributed by atoms with Crippen LogP contribution in [0.4, 0.5) is 0 Å². The number of benzene rings is 1. The Hall–Kier alpha value is -1.02. The molecule has 1 saturated carbocycles. The van der Waals surface area contributed by atoms with Crippen LogP contribution in [0.3, 0.4) is 0 Å². The van der Waals surface area contributed by atoms with E-state index >= 15 is 0 Å². The Balaban J connectivity index is 2.08. The minimum atomic E-state index is 0.493. The predicted octanol–water partition coefficient (Wildman–Crippen LogP) is 3.15. The van der Waals surface area contributed by atoms with Crippen LogP contribution in [-0.2, 0) is 0 Å². The van der Waals surface area contributed by atoms with Crippen molar-refractivity contribution in [3.8, 4) is 5.75 Å². The third kappa shape index (κ3) is 2.99. The van der Waals surface area contributed by atoms with Gasteiger partial charge in [0.05, 0.1) is 7.11 Å². The third-order valence-electron chi connectivity index (χ3n) is 3.21. The van der Waals surface area contributed by atoms with Crippen LogP contribution in [0.5, 0.6) is 5.75 Å². The van der Waals surface area contributed by atoms with Crippen LogP contribution in [0.1, 0.15) is 37.8 Å². The Morgan fingerprint density at radius 2 is 2.25 bits per heavy atom. The van der Waals surface area contributed by atoms with Gasteiger partial charge in [-0.3, -0.25) is 0 Å². The zero-order valence-electron chi connectivity index (χ0n) is 10.2. The number of methoxy groups -OCH3 is 1. The highest BCUT2D eigenvalue weighted by Crippen LogP contribution is 2.38. The van der Waals surface area contributed by atoms with Crippen molar-refractivity contribution in [1.82, 2.24) is 5.32 Å². The largest absolute Gasteiger partial charge is 0.497 e. The van der Waals surface area contributed by atoms with E-state index < -0.39 is 0 Å². The Morgan fingerprint density at radius 3 is 2.88 bits per heavy atom. The molecule has 16 heavy (non-hydrogen) atoms. The summed E-state index contributed by atoms with van der Waals surface area (Å²) < 4.78 is 5.28. The first-order valence-corrected chi connectivity index (χ1v) is 6.20. The van der Waals surface area contributed by atoms with Gasteiger partial charge in [0.1, 0.15) is 5.75 Å². The van der Waals surface area contributed by atoms with Gasteiger partial charge in [-0.15, -0.1) is 0 Å². The lowest BCUT2D eigenvalue weighted by atomic mass is 10.0. The lowest BCUT2D eigenvalue weighted by Crippen LogP contribution is -2.21. The van der Waals surface area contributed by atoms with Crippen LogP contribution in [0.15, 0.2) is 24.3 Å². The third-order valence-corrected chi connectivity index (χ3v) is 3.21. The van der Waals surface area contributed by atoms with Crippen molar-refractivity contribution in [3.63, 3.8) is 0 Å². The zero-order chi connectivity index (χ0) is 11.4. The molecule has 1 aliphatic rings. The highest BCUT2D eigenvalue weighted by Gasteiger charge is 2.25. The quantitative estimate of drug-likeness (QED) is 0.793. The normalized spacial score (nSPS) is 17.1. The second-order valence-corrected chi connectivity index (χ2v) is 4.57. The minimum absolute atomic E-state index is 0.493. The molecule has 1 fully saturated rings. The molecule has 88 valence electrons. The molecule has 0 spiro atoms. The standard InChI is InChI=1S/C14H21NO/c1-3-15-14(9-11-7-8-11)12-5-4-6-13(10-12)16-2/h4-6,10-11,14-15H,3,7-9H2,1-2H3. The first-order chi connectivity index (χ1) is 7.83. The Labute approximate surface area is 98.0 Å². The lowest BCUT2D eigenvalue weighted by Gasteiger charge is -2.18. The first kappa shape index (κ1) is 11.5. The van der Waals surface area contributed by atoms with Gasteiger partial charge in [0.2, 0.25) is 0 Å². The molecular formula is C14H21NO. The summed E-state index contributed by atoms with van der Waals surface area (Å²) >= 11 is 0. The van der Waals surface area contributed by atoms with Crippen molar-refractivity contribution in [2.75, 3.05) is 13.7 Å². The molecule has 1 unspecified atom stereocenters. The topological polar surface area (TPSA) is 21.3 Å². The second kappa shape index (κ2) is 5.35. The van der Waals surface area contributed by atoms with Gasteiger partial charge in [-0.1, -0.05) is 31.9 Å². The van der Waals surface area contributed by atoms with Crippen molar-refractivity contribution in [3.05, 3.63) is 29.8 Å². The summed E-state index contributed by atoms with van der Waals surface area (Å²) in [5, 5.41) is 3.57. The number of hydrogen-bond donors (Lipinski definition) is 1. The van der Waals surface area contributed by atoms with E-state index in [1.165, 1.54) is 24.8 Å². The van der Waals surface area contributed by atoms with E-state index in [0.717, 1.165) is 18.2 Å². The van der Waals surface area contributed by atoms with Gasteiger partial charge in [0, 0.05) is 6.04 Å². The van der Waals surface area contributed by atoms with E-state index in [2.05, 4.69) is 30.4 Å². The first-order valence-electron chi connectivity index (χ1n) is 6.20. The highest BCUT2D eigenvalue weighted by atomic mass is 16.5. The number of ether oxygens (including phenoxy) is 1. The molecule has 0 bridgehead atoms. The van der Waals surface area contributed by atoms with E-state index in [0.29, 0.717) is 6.04 Å². The van der Waals surface area contributed by atoms with E-state index in [-0.39, 0.29) is 0 Å². The lowest BCUT2D eigenvalue weighted by molar-refractivity contribution is 0.411. The van der Waals surface area contributed by atoms with Crippen LogP contribution in [0.25, 0.3) is 0 Å². The van der Waals surface area contributed by atoms with Gasteiger partial charge in [-0.05, 0) is 36.6 Å². The molecule has 2 rings (SSSR count). The summed E-state index contributed by atoms with van der Waals surface area (Å²) in [5.41, 5.74) is 1.35. The maximum Gasteiger partial charge on any atom is 0.119 e. The van der Waals surface area contributed by atoms with Crippen LogP contribution in [-0.4, -0.2) is 13.7 Å². The number of hydrogen-bond acceptors (Lipinski definition) is 2. The van der Waals surface area contributed by atoms with Crippen molar-refractivity contribution in [2.24, 2.45) is 5.92 Å². The highest BCUT2D eigenvalue weighted by molar-refractivity contribution is 5.30. The van der Waals surface area contributed by atoms with Crippen LogP contribution >= 0.6 is 0 Å². The van der Waals surface area contributed by atoms with Crippen molar-refractivity contribution < 1.29 is 4.74 Å². The van der Waals surface area contributed by atoms with Gasteiger partial charge in [-0.2, -0.15) is 0 Å². The number of rotatable bonds is 6. The molecule has 1 aromatic rings. The van der Waals surface area contributed by atoms with Crippen LogP contribution < -0.4 is 10.1 Å². The van der Waals surface area contributed by atoms with Crippen molar-refractivity contribution >= 4 is 0 Å². The van der Waals surface area contributed by atoms with Crippen LogP contribution in [0, 0.1) is 5.92 Å². The maximum absolute atomic E-state index is 5.28. The van der Waals surface area contributed by atoms with Crippen LogP contribution in [0.2, 0.25) is 0 Å². The molecule has 0 saturated heterocycles. The maximum atomic E-state index is 5.28. The summed E-state index contributed by atoms with van der Waals surface area (Å²) in [4.78, 5) is 0. The SMILES string of the molecule is CCNC(CC1CC1)c1cccc(OC)c1. The molecule has 0 amide bonds. The molecule has 1 atom stereocenters.